The van der Waals surface area contributed by atoms with E-state index in [2.05, 4.69) is 25.7 Å². The lowest BCUT2D eigenvalue weighted by molar-refractivity contribution is 0.198. The number of hydrogen-bond donors (Lipinski definition) is 3. The zero-order chi connectivity index (χ0) is 18.3. The van der Waals surface area contributed by atoms with Crippen molar-refractivity contribution in [3.05, 3.63) is 42.4 Å². The molecule has 4 rings (SSSR count). The van der Waals surface area contributed by atoms with Gasteiger partial charge in [0, 0.05) is 35.6 Å². The van der Waals surface area contributed by atoms with Crippen molar-refractivity contribution in [1.82, 2.24) is 19.7 Å². The first kappa shape index (κ1) is 17.1. The Morgan fingerprint density at radius 3 is 2.77 bits per heavy atom. The Kier molecular flexibility index (Phi) is 4.26. The van der Waals surface area contributed by atoms with E-state index in [0.717, 1.165) is 16.6 Å². The minimum Gasteiger partial charge on any atom is -0.392 e. The Balaban J connectivity index is 1.66. The minimum absolute atomic E-state index is 0.0393. The fourth-order valence-corrected chi connectivity index (χ4v) is 3.96. The number of rotatable bonds is 6. The summed E-state index contributed by atoms with van der Waals surface area (Å²) in [5, 5.41) is 10.2. The molecule has 1 fully saturated rings. The first-order valence-electron chi connectivity index (χ1n) is 8.56. The molecule has 1 atom stereocenters. The number of nitrogens with one attached hydrogen (secondary N) is 2. The summed E-state index contributed by atoms with van der Waals surface area (Å²) in [6.07, 6.45) is 4.71. The van der Waals surface area contributed by atoms with Gasteiger partial charge in [-0.3, -0.25) is 4.98 Å². The Bertz CT molecular complexity index is 1040. The molecule has 136 valence electrons. The SMILES string of the molecule is CC(O)CNS(=O)(=O)c1ccc(-c2ccnc3[nH]c(C4CC4)cc23)nc1. The van der Waals surface area contributed by atoms with E-state index >= 15 is 0 Å². The van der Waals surface area contributed by atoms with Crippen LogP contribution >= 0.6 is 0 Å². The first-order valence-corrected chi connectivity index (χ1v) is 10.0. The van der Waals surface area contributed by atoms with Gasteiger partial charge in [0.1, 0.15) is 10.5 Å². The summed E-state index contributed by atoms with van der Waals surface area (Å²) in [6.45, 7) is 1.48. The van der Waals surface area contributed by atoms with Crippen LogP contribution in [-0.4, -0.2) is 41.1 Å². The number of sulfonamides is 1. The highest BCUT2D eigenvalue weighted by Gasteiger charge is 2.26. The van der Waals surface area contributed by atoms with E-state index in [-0.39, 0.29) is 11.4 Å². The molecule has 26 heavy (non-hydrogen) atoms. The van der Waals surface area contributed by atoms with Crippen LogP contribution in [0.2, 0.25) is 0 Å². The van der Waals surface area contributed by atoms with E-state index in [1.165, 1.54) is 37.7 Å². The molecule has 8 heteroatoms. The summed E-state index contributed by atoms with van der Waals surface area (Å²) >= 11 is 0. The van der Waals surface area contributed by atoms with Crippen LogP contribution in [0, 0.1) is 0 Å². The maximum absolute atomic E-state index is 12.2. The Labute approximate surface area is 151 Å². The monoisotopic (exact) mass is 372 g/mol. The van der Waals surface area contributed by atoms with Gasteiger partial charge in [0.25, 0.3) is 0 Å². The van der Waals surface area contributed by atoms with Crippen LogP contribution in [-0.2, 0) is 10.0 Å². The summed E-state index contributed by atoms with van der Waals surface area (Å²) in [7, 11) is -3.69. The molecular formula is C18H20N4O3S. The van der Waals surface area contributed by atoms with Crippen molar-refractivity contribution in [3.63, 3.8) is 0 Å². The van der Waals surface area contributed by atoms with Crippen molar-refractivity contribution < 1.29 is 13.5 Å². The van der Waals surface area contributed by atoms with Gasteiger partial charge >= 0.3 is 0 Å². The number of aliphatic hydroxyl groups excluding tert-OH is 1. The fraction of sp³-hybridized carbons (Fsp3) is 0.333. The average molecular weight is 372 g/mol. The lowest BCUT2D eigenvalue weighted by Crippen LogP contribution is -2.30. The maximum Gasteiger partial charge on any atom is 0.242 e. The van der Waals surface area contributed by atoms with E-state index < -0.39 is 16.1 Å². The van der Waals surface area contributed by atoms with E-state index in [9.17, 15) is 13.5 Å². The second-order valence-electron chi connectivity index (χ2n) is 6.70. The number of aromatic amines is 1. The number of fused-ring (bicyclic) bond motifs is 1. The van der Waals surface area contributed by atoms with Crippen molar-refractivity contribution in [2.45, 2.75) is 36.7 Å². The molecule has 3 heterocycles. The number of aliphatic hydroxyl groups is 1. The van der Waals surface area contributed by atoms with Crippen LogP contribution in [0.15, 0.2) is 41.6 Å². The van der Waals surface area contributed by atoms with Crippen molar-refractivity contribution >= 4 is 21.1 Å². The topological polar surface area (TPSA) is 108 Å². The number of aromatic nitrogens is 3. The molecule has 3 aromatic rings. The molecule has 3 N–H and O–H groups in total. The lowest BCUT2D eigenvalue weighted by atomic mass is 10.1. The van der Waals surface area contributed by atoms with E-state index in [0.29, 0.717) is 11.6 Å². The lowest BCUT2D eigenvalue weighted by Gasteiger charge is -2.09. The van der Waals surface area contributed by atoms with Gasteiger partial charge in [-0.1, -0.05) is 0 Å². The molecule has 1 aliphatic rings. The molecule has 0 bridgehead atoms. The third-order valence-electron chi connectivity index (χ3n) is 4.46. The third kappa shape index (κ3) is 3.35. The predicted molar refractivity (Wildman–Crippen MR) is 98.2 cm³/mol. The van der Waals surface area contributed by atoms with Gasteiger partial charge in [0.15, 0.2) is 0 Å². The highest BCUT2D eigenvalue weighted by atomic mass is 32.2. The molecule has 0 radical (unpaired) electrons. The van der Waals surface area contributed by atoms with Gasteiger partial charge in [-0.15, -0.1) is 0 Å². The third-order valence-corrected chi connectivity index (χ3v) is 5.87. The highest BCUT2D eigenvalue weighted by molar-refractivity contribution is 7.89. The Morgan fingerprint density at radius 2 is 2.12 bits per heavy atom. The van der Waals surface area contributed by atoms with E-state index in [1.54, 1.807) is 12.3 Å². The summed E-state index contributed by atoms with van der Waals surface area (Å²) in [6, 6.07) is 7.21. The summed E-state index contributed by atoms with van der Waals surface area (Å²) in [5.74, 6) is 0.595. The molecule has 7 nitrogen and oxygen atoms in total. The molecule has 1 unspecified atom stereocenters. The second kappa shape index (κ2) is 6.46. The number of H-pyrrole nitrogens is 1. The van der Waals surface area contributed by atoms with Crippen LogP contribution in [0.3, 0.4) is 0 Å². The van der Waals surface area contributed by atoms with Crippen LogP contribution in [0.1, 0.15) is 31.4 Å². The van der Waals surface area contributed by atoms with Crippen molar-refractivity contribution in [2.75, 3.05) is 6.54 Å². The average Bonchev–Trinajstić information content (AvgIpc) is 3.38. The second-order valence-corrected chi connectivity index (χ2v) is 8.47. The molecule has 1 aliphatic carbocycles. The van der Waals surface area contributed by atoms with Gasteiger partial charge in [-0.2, -0.15) is 0 Å². The number of pyridine rings is 2. The van der Waals surface area contributed by atoms with Crippen molar-refractivity contribution in [1.29, 1.82) is 0 Å². The van der Waals surface area contributed by atoms with Gasteiger partial charge < -0.3 is 10.1 Å². The van der Waals surface area contributed by atoms with E-state index in [1.807, 2.05) is 6.07 Å². The highest BCUT2D eigenvalue weighted by Crippen LogP contribution is 2.41. The Hall–Kier alpha value is -2.29. The van der Waals surface area contributed by atoms with Crippen molar-refractivity contribution in [3.8, 4) is 11.3 Å². The summed E-state index contributed by atoms with van der Waals surface area (Å²) in [5.41, 5.74) is 3.62. The molecule has 0 saturated heterocycles. The normalized spacial score (nSPS) is 16.1. The predicted octanol–water partition coefficient (Wildman–Crippen LogP) is 2.16. The van der Waals surface area contributed by atoms with Gasteiger partial charge in [-0.25, -0.2) is 18.1 Å². The molecule has 0 aliphatic heterocycles. The quantitative estimate of drug-likeness (QED) is 0.614. The van der Waals surface area contributed by atoms with Crippen LogP contribution in [0.4, 0.5) is 0 Å². The standard InChI is InChI=1S/C18H20N4O3S/c1-11(23)9-21-26(24,25)13-4-5-16(20-10-13)14-6-7-19-18-15(14)8-17(22-18)12-2-3-12/h4-8,10-12,21,23H,2-3,9H2,1H3,(H,19,22). The van der Waals surface area contributed by atoms with E-state index in [4.69, 9.17) is 0 Å². The van der Waals surface area contributed by atoms with Gasteiger partial charge in [0.2, 0.25) is 10.0 Å². The minimum atomic E-state index is -3.69. The molecule has 0 spiro atoms. The van der Waals surface area contributed by atoms with Crippen LogP contribution < -0.4 is 4.72 Å². The van der Waals surface area contributed by atoms with Crippen LogP contribution in [0.5, 0.6) is 0 Å². The zero-order valence-corrected chi connectivity index (χ0v) is 15.1. The molecular weight excluding hydrogens is 352 g/mol. The van der Waals surface area contributed by atoms with Crippen molar-refractivity contribution in [2.24, 2.45) is 0 Å². The number of hydrogen-bond acceptors (Lipinski definition) is 5. The number of nitrogens with zero attached hydrogens (tertiary/aromatic N) is 2. The Morgan fingerprint density at radius 1 is 1.31 bits per heavy atom. The zero-order valence-electron chi connectivity index (χ0n) is 14.3. The largest absolute Gasteiger partial charge is 0.392 e. The molecule has 1 saturated carbocycles. The maximum atomic E-state index is 12.2. The smallest absolute Gasteiger partial charge is 0.242 e. The molecule has 0 amide bonds. The summed E-state index contributed by atoms with van der Waals surface area (Å²) in [4.78, 5) is 12.2. The fourth-order valence-electron chi connectivity index (χ4n) is 2.90. The molecule has 3 aromatic heterocycles. The summed E-state index contributed by atoms with van der Waals surface area (Å²) < 4.78 is 26.8. The van der Waals surface area contributed by atoms with Gasteiger partial charge in [0.05, 0.1) is 11.8 Å². The first-order chi connectivity index (χ1) is 12.4. The van der Waals surface area contributed by atoms with Crippen LogP contribution in [0.25, 0.3) is 22.3 Å². The molecule has 0 aromatic carbocycles. The van der Waals surface area contributed by atoms with Gasteiger partial charge in [-0.05, 0) is 49.9 Å².